The van der Waals surface area contributed by atoms with Crippen LogP contribution in [0.3, 0.4) is 0 Å². The van der Waals surface area contributed by atoms with Gasteiger partial charge in [0, 0.05) is 43.9 Å². The van der Waals surface area contributed by atoms with Crippen LogP contribution < -0.4 is 27.3 Å². The summed E-state index contributed by atoms with van der Waals surface area (Å²) in [7, 11) is 11.1. The zero-order valence-electron chi connectivity index (χ0n) is 34.8. The van der Waals surface area contributed by atoms with E-state index in [4.69, 9.17) is 19.4 Å². The van der Waals surface area contributed by atoms with Gasteiger partial charge in [0.2, 0.25) is 0 Å². The van der Waals surface area contributed by atoms with Crippen molar-refractivity contribution in [1.82, 2.24) is 19.5 Å². The van der Waals surface area contributed by atoms with Crippen molar-refractivity contribution < 1.29 is 4.42 Å². The lowest BCUT2D eigenvalue weighted by atomic mass is 9.59. The van der Waals surface area contributed by atoms with Crippen molar-refractivity contribution in [2.75, 3.05) is 0 Å². The van der Waals surface area contributed by atoms with Gasteiger partial charge in [0.15, 0.2) is 17.5 Å². The molecule has 0 N–H and O–H groups in total. The number of para-hydroxylation sites is 2. The molecule has 0 radical (unpaired) electrons. The Morgan fingerprint density at radius 3 is 1.62 bits per heavy atom. The van der Waals surface area contributed by atoms with Crippen LogP contribution in [-0.2, 0) is 0 Å². The van der Waals surface area contributed by atoms with Gasteiger partial charge >= 0.3 is 0 Å². The van der Waals surface area contributed by atoms with Crippen LogP contribution in [-0.4, -0.2) is 58.8 Å². The standard InChI is InChI=1S/C51H37B5N4O/c52-44-43(45(53)47(55)48(56)46(44)54)31-12-9-13-32(24-31)50-57-49(28-10-3-1-4-11-28)58-51(59-50)33-18-21-36-38-26-30(20-23-41(38)61-42(36)27-33)29-19-22-40-37(25-29)35-16-7-8-17-39(35)60(40)34-14-5-2-6-15-34/h1-27H,52-56H2. The van der Waals surface area contributed by atoms with E-state index in [9.17, 15) is 0 Å². The van der Waals surface area contributed by atoms with Crippen LogP contribution in [0.15, 0.2) is 168 Å². The molecule has 0 aliphatic heterocycles. The Balaban J connectivity index is 1.00. The number of nitrogens with zero attached hydrogens (tertiary/aromatic N) is 4. The molecule has 0 saturated carbocycles. The Bertz CT molecular complexity index is 3520. The average molecular weight is 776 g/mol. The first-order valence-corrected chi connectivity index (χ1v) is 20.9. The fourth-order valence-electron chi connectivity index (χ4n) is 9.20. The van der Waals surface area contributed by atoms with Gasteiger partial charge in [-0.05, 0) is 82.9 Å². The van der Waals surface area contributed by atoms with E-state index in [1.165, 1.54) is 54.7 Å². The minimum absolute atomic E-state index is 0.592. The third-order valence-corrected chi connectivity index (χ3v) is 12.8. The monoisotopic (exact) mass is 776 g/mol. The number of furan rings is 1. The highest BCUT2D eigenvalue weighted by atomic mass is 16.3. The van der Waals surface area contributed by atoms with Crippen LogP contribution in [0.5, 0.6) is 0 Å². The third kappa shape index (κ3) is 6.12. The molecule has 0 amide bonds. The zero-order chi connectivity index (χ0) is 41.4. The van der Waals surface area contributed by atoms with Crippen molar-refractivity contribution in [2.45, 2.75) is 0 Å². The predicted octanol–water partition coefficient (Wildman–Crippen LogP) is 4.50. The van der Waals surface area contributed by atoms with Gasteiger partial charge in [0.1, 0.15) is 50.4 Å². The number of benzene rings is 8. The lowest BCUT2D eigenvalue weighted by Gasteiger charge is -2.20. The fourth-order valence-corrected chi connectivity index (χ4v) is 9.20. The van der Waals surface area contributed by atoms with Crippen molar-refractivity contribution >= 4 is 110 Å². The summed E-state index contributed by atoms with van der Waals surface area (Å²) in [6.07, 6.45) is 0. The molecule has 0 bridgehead atoms. The summed E-state index contributed by atoms with van der Waals surface area (Å²) in [4.78, 5) is 15.3. The smallest absolute Gasteiger partial charge is 0.164 e. The van der Waals surface area contributed by atoms with E-state index in [1.807, 2.05) is 30.3 Å². The Hall–Kier alpha value is -7.31. The average Bonchev–Trinajstić information content (AvgIpc) is 3.85. The maximum absolute atomic E-state index is 6.56. The Labute approximate surface area is 358 Å². The van der Waals surface area contributed by atoms with Crippen molar-refractivity contribution in [3.63, 3.8) is 0 Å². The van der Waals surface area contributed by atoms with Gasteiger partial charge in [-0.2, -0.15) is 0 Å². The summed E-state index contributed by atoms with van der Waals surface area (Å²) < 4.78 is 8.91. The van der Waals surface area contributed by atoms with Gasteiger partial charge in [-0.15, -0.1) is 16.4 Å². The molecule has 5 nitrogen and oxygen atoms in total. The molecule has 10 heteroatoms. The lowest BCUT2D eigenvalue weighted by Crippen LogP contribution is -2.55. The Kier molecular flexibility index (Phi) is 8.71. The molecule has 0 spiro atoms. The largest absolute Gasteiger partial charge is 0.456 e. The summed E-state index contributed by atoms with van der Waals surface area (Å²) in [6.45, 7) is 0. The molecule has 0 atom stereocenters. The molecule has 8 aromatic carbocycles. The van der Waals surface area contributed by atoms with E-state index in [0.717, 1.165) is 61.0 Å². The van der Waals surface area contributed by atoms with Gasteiger partial charge < -0.3 is 8.98 Å². The van der Waals surface area contributed by atoms with E-state index in [-0.39, 0.29) is 0 Å². The molecule has 61 heavy (non-hydrogen) atoms. The summed E-state index contributed by atoms with van der Waals surface area (Å²) in [5.41, 5.74) is 19.2. The first-order valence-electron chi connectivity index (χ1n) is 20.9. The van der Waals surface area contributed by atoms with Crippen LogP contribution in [0.1, 0.15) is 0 Å². The molecule has 0 saturated heterocycles. The minimum Gasteiger partial charge on any atom is -0.456 e. The van der Waals surface area contributed by atoms with Gasteiger partial charge in [-0.1, -0.05) is 114 Å². The lowest BCUT2D eigenvalue weighted by molar-refractivity contribution is 0.669. The molecule has 3 aromatic heterocycles. The third-order valence-electron chi connectivity index (χ3n) is 12.8. The number of aromatic nitrogens is 4. The van der Waals surface area contributed by atoms with Crippen molar-refractivity contribution in [1.29, 1.82) is 0 Å². The second-order valence-electron chi connectivity index (χ2n) is 16.2. The zero-order valence-corrected chi connectivity index (χ0v) is 34.8. The van der Waals surface area contributed by atoms with E-state index in [2.05, 4.69) is 177 Å². The summed E-state index contributed by atoms with van der Waals surface area (Å²) in [6, 6.07) is 57.6. The molecule has 0 aliphatic carbocycles. The normalized spacial score (nSPS) is 11.6. The summed E-state index contributed by atoms with van der Waals surface area (Å²) >= 11 is 0. The van der Waals surface area contributed by atoms with Gasteiger partial charge in [-0.25, -0.2) is 15.0 Å². The van der Waals surface area contributed by atoms with E-state index >= 15 is 0 Å². The van der Waals surface area contributed by atoms with Crippen LogP contribution in [0.25, 0.3) is 106 Å². The SMILES string of the molecule is Bc1c(B)c(B)c(-c2cccc(-c3nc(-c4ccccc4)nc(-c4ccc5c(c4)oc4ccc(-c6ccc7c(c6)c6ccccc6n7-c6ccccc6)cc45)n3)c2)c(B)c1B. The topological polar surface area (TPSA) is 56.7 Å². The second kappa shape index (κ2) is 14.5. The van der Waals surface area contributed by atoms with Crippen LogP contribution in [0, 0.1) is 0 Å². The van der Waals surface area contributed by atoms with E-state index in [1.54, 1.807) is 0 Å². The molecule has 11 rings (SSSR count). The van der Waals surface area contributed by atoms with E-state index in [0.29, 0.717) is 17.5 Å². The fraction of sp³-hybridized carbons (Fsp3) is 0. The number of rotatable bonds is 6. The molecular formula is C51H37B5N4O. The Morgan fingerprint density at radius 2 is 0.885 bits per heavy atom. The van der Waals surface area contributed by atoms with E-state index < -0.39 is 0 Å². The van der Waals surface area contributed by atoms with Crippen LogP contribution in [0.2, 0.25) is 0 Å². The molecule has 0 fully saturated rings. The molecule has 11 aromatic rings. The highest BCUT2D eigenvalue weighted by Gasteiger charge is 2.19. The maximum atomic E-state index is 6.56. The number of hydrogen-bond acceptors (Lipinski definition) is 4. The number of fused-ring (bicyclic) bond motifs is 6. The minimum atomic E-state index is 0.592. The Morgan fingerprint density at radius 1 is 0.344 bits per heavy atom. The van der Waals surface area contributed by atoms with Crippen molar-refractivity contribution in [3.8, 4) is 62.1 Å². The highest BCUT2D eigenvalue weighted by Crippen LogP contribution is 2.38. The van der Waals surface area contributed by atoms with Crippen molar-refractivity contribution in [3.05, 3.63) is 164 Å². The molecule has 0 aliphatic rings. The maximum Gasteiger partial charge on any atom is 0.164 e. The van der Waals surface area contributed by atoms with Gasteiger partial charge in [-0.3, -0.25) is 0 Å². The van der Waals surface area contributed by atoms with Crippen molar-refractivity contribution in [2.24, 2.45) is 0 Å². The molecule has 282 valence electrons. The van der Waals surface area contributed by atoms with Crippen LogP contribution in [0.4, 0.5) is 0 Å². The second-order valence-corrected chi connectivity index (χ2v) is 16.2. The first-order chi connectivity index (χ1) is 29.8. The first kappa shape index (κ1) is 36.8. The molecular weight excluding hydrogens is 739 g/mol. The predicted molar refractivity (Wildman–Crippen MR) is 270 cm³/mol. The van der Waals surface area contributed by atoms with Crippen LogP contribution >= 0.6 is 0 Å². The molecule has 3 heterocycles. The number of hydrogen-bond donors (Lipinski definition) is 0. The molecule has 0 unspecified atom stereocenters. The van der Waals surface area contributed by atoms with Gasteiger partial charge in [0.25, 0.3) is 0 Å². The quantitative estimate of drug-likeness (QED) is 0.234. The summed E-state index contributed by atoms with van der Waals surface area (Å²) in [5.74, 6) is 1.84. The van der Waals surface area contributed by atoms with Gasteiger partial charge in [0.05, 0.1) is 11.0 Å². The highest BCUT2D eigenvalue weighted by molar-refractivity contribution is 6.68. The summed E-state index contributed by atoms with van der Waals surface area (Å²) in [5, 5.41) is 4.57.